The molecule has 1 aliphatic rings. The van der Waals surface area contributed by atoms with Crippen LogP contribution in [0, 0.1) is 0 Å². The second kappa shape index (κ2) is 8.44. The number of amides is 1. The molecule has 2 aromatic heterocycles. The molecule has 4 rings (SSSR count). The van der Waals surface area contributed by atoms with Crippen molar-refractivity contribution < 1.29 is 13.2 Å². The molecule has 1 N–H and O–H groups in total. The molecule has 3 aromatic rings. The molecule has 0 bridgehead atoms. The number of pyridine rings is 1. The molecular formula is C21H21N3O3S2. The largest absolute Gasteiger partial charge is 0.330 e. The zero-order valence-electron chi connectivity index (χ0n) is 15.7. The van der Waals surface area contributed by atoms with E-state index in [0.717, 1.165) is 23.4 Å². The van der Waals surface area contributed by atoms with Crippen LogP contribution in [0.1, 0.15) is 39.8 Å². The summed E-state index contributed by atoms with van der Waals surface area (Å²) in [7, 11) is -3.63. The SMILES string of the molecule is O=C(c1ccc(S(=O)(=O)NCc2cccs2)cc1)N1CCCC1c1ccccn1. The average Bonchev–Trinajstić information content (AvgIpc) is 3.45. The fourth-order valence-corrected chi connectivity index (χ4v) is 5.24. The van der Waals surface area contributed by atoms with Gasteiger partial charge in [-0.1, -0.05) is 12.1 Å². The summed E-state index contributed by atoms with van der Waals surface area (Å²) >= 11 is 1.50. The maximum atomic E-state index is 13.0. The van der Waals surface area contributed by atoms with Crippen molar-refractivity contribution in [3.05, 3.63) is 82.3 Å². The Morgan fingerprint density at radius 2 is 1.97 bits per heavy atom. The third-order valence-electron chi connectivity index (χ3n) is 4.97. The number of carbonyl (C=O) groups excluding carboxylic acids is 1. The first-order valence-corrected chi connectivity index (χ1v) is 11.7. The summed E-state index contributed by atoms with van der Waals surface area (Å²) in [6.45, 7) is 0.919. The van der Waals surface area contributed by atoms with Crippen LogP contribution in [0.4, 0.5) is 0 Å². The van der Waals surface area contributed by atoms with Gasteiger partial charge in [0.05, 0.1) is 16.6 Å². The predicted octanol–water partition coefficient (Wildman–Crippen LogP) is 3.60. The third kappa shape index (κ3) is 4.39. The number of likely N-dealkylation sites (tertiary alicyclic amines) is 1. The number of nitrogens with zero attached hydrogens (tertiary/aromatic N) is 2. The van der Waals surface area contributed by atoms with Crippen molar-refractivity contribution in [2.45, 2.75) is 30.3 Å². The van der Waals surface area contributed by atoms with E-state index in [1.807, 2.05) is 40.6 Å². The molecule has 0 radical (unpaired) electrons. The highest BCUT2D eigenvalue weighted by molar-refractivity contribution is 7.89. The number of hydrogen-bond donors (Lipinski definition) is 1. The van der Waals surface area contributed by atoms with Gasteiger partial charge in [-0.2, -0.15) is 0 Å². The van der Waals surface area contributed by atoms with E-state index in [9.17, 15) is 13.2 Å². The van der Waals surface area contributed by atoms with E-state index in [-0.39, 0.29) is 23.4 Å². The third-order valence-corrected chi connectivity index (χ3v) is 7.26. The molecule has 0 spiro atoms. The van der Waals surface area contributed by atoms with Gasteiger partial charge in [-0.05, 0) is 60.7 Å². The monoisotopic (exact) mass is 427 g/mol. The van der Waals surface area contributed by atoms with E-state index < -0.39 is 10.0 Å². The standard InChI is InChI=1S/C21H21N3O3S2/c25-21(24-13-3-7-20(24)19-6-1-2-12-22-19)16-8-10-18(11-9-16)29(26,27)23-15-17-5-4-14-28-17/h1-2,4-6,8-12,14,20,23H,3,7,13,15H2. The Morgan fingerprint density at radius 3 is 2.66 bits per heavy atom. The normalized spacial score (nSPS) is 16.8. The van der Waals surface area contributed by atoms with E-state index in [1.165, 1.54) is 23.5 Å². The van der Waals surface area contributed by atoms with Gasteiger partial charge in [-0.25, -0.2) is 13.1 Å². The van der Waals surface area contributed by atoms with Crippen LogP contribution in [0.25, 0.3) is 0 Å². The Hall–Kier alpha value is -2.55. The second-order valence-electron chi connectivity index (χ2n) is 6.84. The van der Waals surface area contributed by atoms with Crippen LogP contribution < -0.4 is 4.72 Å². The van der Waals surface area contributed by atoms with Crippen molar-refractivity contribution in [2.24, 2.45) is 0 Å². The first kappa shape index (κ1) is 19.8. The minimum Gasteiger partial charge on any atom is -0.330 e. The smallest absolute Gasteiger partial charge is 0.254 e. The van der Waals surface area contributed by atoms with E-state index in [1.54, 1.807) is 18.3 Å². The van der Waals surface area contributed by atoms with Crippen LogP contribution in [0.5, 0.6) is 0 Å². The van der Waals surface area contributed by atoms with Gasteiger partial charge in [0.25, 0.3) is 5.91 Å². The van der Waals surface area contributed by atoms with Crippen molar-refractivity contribution in [3.63, 3.8) is 0 Å². The molecule has 29 heavy (non-hydrogen) atoms. The van der Waals surface area contributed by atoms with Gasteiger partial charge in [0.15, 0.2) is 0 Å². The number of hydrogen-bond acceptors (Lipinski definition) is 5. The zero-order valence-corrected chi connectivity index (χ0v) is 17.3. The number of aromatic nitrogens is 1. The Labute approximate surface area is 174 Å². The van der Waals surface area contributed by atoms with Crippen LogP contribution >= 0.6 is 11.3 Å². The van der Waals surface area contributed by atoms with Crippen molar-refractivity contribution in [2.75, 3.05) is 6.54 Å². The number of rotatable bonds is 6. The molecule has 1 unspecified atom stereocenters. The van der Waals surface area contributed by atoms with Crippen molar-refractivity contribution in [1.29, 1.82) is 0 Å². The maximum absolute atomic E-state index is 13.0. The van der Waals surface area contributed by atoms with Gasteiger partial charge in [0.1, 0.15) is 0 Å². The highest BCUT2D eigenvalue weighted by Gasteiger charge is 2.31. The Bertz CT molecular complexity index is 1070. The number of carbonyl (C=O) groups is 1. The van der Waals surface area contributed by atoms with E-state index in [0.29, 0.717) is 12.1 Å². The summed E-state index contributed by atoms with van der Waals surface area (Å²) in [6, 6.07) is 15.6. The van der Waals surface area contributed by atoms with Gasteiger partial charge in [-0.3, -0.25) is 9.78 Å². The van der Waals surface area contributed by atoms with Gasteiger partial charge in [0.2, 0.25) is 10.0 Å². The van der Waals surface area contributed by atoms with Crippen molar-refractivity contribution >= 4 is 27.3 Å². The molecule has 150 valence electrons. The minimum atomic E-state index is -3.63. The van der Waals surface area contributed by atoms with E-state index in [2.05, 4.69) is 9.71 Å². The topological polar surface area (TPSA) is 79.4 Å². The molecule has 1 fully saturated rings. The lowest BCUT2D eigenvalue weighted by Crippen LogP contribution is -2.31. The Kier molecular flexibility index (Phi) is 5.75. The molecule has 1 amide bonds. The van der Waals surface area contributed by atoms with Crippen molar-refractivity contribution in [1.82, 2.24) is 14.6 Å². The Morgan fingerprint density at radius 1 is 1.14 bits per heavy atom. The molecule has 1 atom stereocenters. The van der Waals surface area contributed by atoms with Crippen LogP contribution in [0.2, 0.25) is 0 Å². The number of sulfonamides is 1. The highest BCUT2D eigenvalue weighted by atomic mass is 32.2. The lowest BCUT2D eigenvalue weighted by atomic mass is 10.1. The van der Waals surface area contributed by atoms with Crippen LogP contribution in [-0.4, -0.2) is 30.8 Å². The molecule has 0 saturated carbocycles. The average molecular weight is 428 g/mol. The van der Waals surface area contributed by atoms with Gasteiger partial charge < -0.3 is 4.90 Å². The molecule has 3 heterocycles. The fourth-order valence-electron chi connectivity index (χ4n) is 3.50. The molecule has 8 heteroatoms. The second-order valence-corrected chi connectivity index (χ2v) is 9.64. The fraction of sp³-hybridized carbons (Fsp3) is 0.238. The van der Waals surface area contributed by atoms with E-state index in [4.69, 9.17) is 0 Å². The van der Waals surface area contributed by atoms with Crippen LogP contribution in [0.15, 0.2) is 71.1 Å². The number of nitrogens with one attached hydrogen (secondary N) is 1. The predicted molar refractivity (Wildman–Crippen MR) is 112 cm³/mol. The van der Waals surface area contributed by atoms with Gasteiger partial charge >= 0.3 is 0 Å². The first-order chi connectivity index (χ1) is 14.0. The minimum absolute atomic E-state index is 0.0421. The highest BCUT2D eigenvalue weighted by Crippen LogP contribution is 2.32. The zero-order chi connectivity index (χ0) is 20.3. The summed E-state index contributed by atoms with van der Waals surface area (Å²) < 4.78 is 27.6. The van der Waals surface area contributed by atoms with Gasteiger partial charge in [0, 0.05) is 29.7 Å². The summed E-state index contributed by atoms with van der Waals surface area (Å²) in [5, 5.41) is 1.90. The van der Waals surface area contributed by atoms with E-state index >= 15 is 0 Å². The number of thiophene rings is 1. The maximum Gasteiger partial charge on any atom is 0.254 e. The molecule has 0 aliphatic carbocycles. The van der Waals surface area contributed by atoms with Crippen molar-refractivity contribution in [3.8, 4) is 0 Å². The van der Waals surface area contributed by atoms with Gasteiger partial charge in [-0.15, -0.1) is 11.3 Å². The van der Waals surface area contributed by atoms with Crippen LogP contribution in [0.3, 0.4) is 0 Å². The number of benzene rings is 1. The summed E-state index contributed by atoms with van der Waals surface area (Å²) in [5.41, 5.74) is 1.36. The summed E-state index contributed by atoms with van der Waals surface area (Å²) in [4.78, 5) is 20.3. The molecule has 1 aliphatic heterocycles. The summed E-state index contributed by atoms with van der Waals surface area (Å²) in [6.07, 6.45) is 3.53. The first-order valence-electron chi connectivity index (χ1n) is 9.38. The molecule has 1 aromatic carbocycles. The lowest BCUT2D eigenvalue weighted by molar-refractivity contribution is 0.0733. The summed E-state index contributed by atoms with van der Waals surface area (Å²) in [5.74, 6) is -0.103. The Balaban J connectivity index is 1.47. The molecular weight excluding hydrogens is 406 g/mol. The molecule has 6 nitrogen and oxygen atoms in total. The molecule has 1 saturated heterocycles. The quantitative estimate of drug-likeness (QED) is 0.652. The van der Waals surface area contributed by atoms with Crippen LogP contribution in [-0.2, 0) is 16.6 Å². The lowest BCUT2D eigenvalue weighted by Gasteiger charge is -2.24.